The van der Waals surface area contributed by atoms with Crippen molar-refractivity contribution in [2.24, 2.45) is 0 Å². The Morgan fingerprint density at radius 3 is 2.84 bits per heavy atom. The lowest BCUT2D eigenvalue weighted by molar-refractivity contribution is -0.188. The van der Waals surface area contributed by atoms with Crippen LogP contribution < -0.4 is 0 Å². The minimum atomic E-state index is -4.08. The van der Waals surface area contributed by atoms with E-state index in [4.69, 9.17) is 37.2 Å². The van der Waals surface area contributed by atoms with Crippen molar-refractivity contribution in [3.63, 3.8) is 0 Å². The first kappa shape index (κ1) is 18.6. The molecule has 0 aliphatic carbocycles. The summed E-state index contributed by atoms with van der Waals surface area (Å²) in [5, 5.41) is 8.47. The van der Waals surface area contributed by atoms with Crippen molar-refractivity contribution in [1.29, 1.82) is 0 Å². The lowest BCUT2D eigenvalue weighted by Crippen LogP contribution is -2.34. The van der Waals surface area contributed by atoms with Crippen LogP contribution in [-0.4, -0.2) is 46.4 Å². The van der Waals surface area contributed by atoms with Gasteiger partial charge in [0, 0.05) is 16.8 Å². The van der Waals surface area contributed by atoms with Gasteiger partial charge in [-0.15, -0.1) is 5.10 Å². The van der Waals surface area contributed by atoms with Crippen molar-refractivity contribution in [1.82, 2.24) is 15.0 Å². The molecule has 1 aromatic heterocycles. The van der Waals surface area contributed by atoms with E-state index in [1.807, 2.05) is 0 Å². The van der Waals surface area contributed by atoms with Crippen molar-refractivity contribution in [2.75, 3.05) is 12.4 Å². The molecule has 1 aromatic carbocycles. The van der Waals surface area contributed by atoms with E-state index >= 15 is 0 Å². The number of nitrogens with zero attached hydrogens (tertiary/aromatic N) is 3. The van der Waals surface area contributed by atoms with E-state index in [0.29, 0.717) is 15.6 Å². The largest absolute Gasteiger partial charge is 0.342 e. The minimum absolute atomic E-state index is 0.0865. The molecule has 1 N–H and O–H groups in total. The maximum Gasteiger partial charge on any atom is 0.264 e. The molecule has 0 saturated carbocycles. The van der Waals surface area contributed by atoms with Gasteiger partial charge in [-0.25, -0.2) is 4.68 Å². The van der Waals surface area contributed by atoms with Crippen LogP contribution in [0.4, 0.5) is 0 Å². The van der Waals surface area contributed by atoms with Crippen molar-refractivity contribution in [3.8, 4) is 0 Å². The minimum Gasteiger partial charge on any atom is -0.342 e. The lowest BCUT2D eigenvalue weighted by Gasteiger charge is -2.29. The van der Waals surface area contributed by atoms with Crippen molar-refractivity contribution < 1.29 is 22.4 Å². The predicted molar refractivity (Wildman–Crippen MR) is 90.0 cm³/mol. The standard InChI is InChI=1S/C14H15Cl2N3O5S/c15-10-1-2-12(13(16)7-10)14(9-19-5-4-17-18-19)23-8-11(24-14)3-6-25(20,21)22/h1-2,4-5,7,11H,3,6,8-9H2,(H,20,21,22)/t11-,14-/m1/s1. The Bertz CT molecular complexity index is 846. The van der Waals surface area contributed by atoms with Gasteiger partial charge < -0.3 is 9.47 Å². The maximum atomic E-state index is 11.0. The topological polar surface area (TPSA) is 104 Å². The van der Waals surface area contributed by atoms with Crippen LogP contribution in [-0.2, 0) is 31.9 Å². The second-order valence-corrected chi connectivity index (χ2v) is 8.02. The Morgan fingerprint density at radius 1 is 1.40 bits per heavy atom. The Morgan fingerprint density at radius 2 is 2.20 bits per heavy atom. The molecule has 2 atom stereocenters. The van der Waals surface area contributed by atoms with Gasteiger partial charge in [0.1, 0.15) is 6.54 Å². The first-order valence-corrected chi connectivity index (χ1v) is 9.70. The number of hydrogen-bond donors (Lipinski definition) is 1. The van der Waals surface area contributed by atoms with Gasteiger partial charge in [0.15, 0.2) is 0 Å². The van der Waals surface area contributed by atoms with Gasteiger partial charge in [-0.2, -0.15) is 8.42 Å². The van der Waals surface area contributed by atoms with E-state index in [9.17, 15) is 8.42 Å². The fourth-order valence-corrected chi connectivity index (χ4v) is 3.74. The zero-order valence-electron chi connectivity index (χ0n) is 12.9. The predicted octanol–water partition coefficient (Wildman–Crippen LogP) is 2.13. The highest BCUT2D eigenvalue weighted by Gasteiger charge is 2.45. The third-order valence-corrected chi connectivity index (χ3v) is 5.04. The van der Waals surface area contributed by atoms with Gasteiger partial charge >= 0.3 is 0 Å². The number of rotatable bonds is 6. The van der Waals surface area contributed by atoms with E-state index in [2.05, 4.69) is 10.3 Å². The van der Waals surface area contributed by atoms with Crippen LogP contribution in [0.15, 0.2) is 30.6 Å². The molecule has 11 heteroatoms. The van der Waals surface area contributed by atoms with E-state index in [0.717, 1.165) is 0 Å². The molecule has 25 heavy (non-hydrogen) atoms. The molecule has 8 nitrogen and oxygen atoms in total. The lowest BCUT2D eigenvalue weighted by atomic mass is 10.1. The molecule has 0 unspecified atom stereocenters. The highest BCUT2D eigenvalue weighted by Crippen LogP contribution is 2.40. The van der Waals surface area contributed by atoms with Crippen molar-refractivity contribution in [2.45, 2.75) is 24.9 Å². The average Bonchev–Trinajstić information content (AvgIpc) is 3.15. The van der Waals surface area contributed by atoms with Crippen LogP contribution in [0.2, 0.25) is 10.0 Å². The molecule has 3 rings (SSSR count). The number of hydrogen-bond acceptors (Lipinski definition) is 6. The summed E-state index contributed by atoms with van der Waals surface area (Å²) in [6, 6.07) is 4.91. The number of ether oxygens (including phenoxy) is 2. The van der Waals surface area contributed by atoms with E-state index in [1.54, 1.807) is 24.4 Å². The maximum absolute atomic E-state index is 11.0. The highest BCUT2D eigenvalue weighted by molar-refractivity contribution is 7.85. The Kier molecular flexibility index (Phi) is 5.33. The van der Waals surface area contributed by atoms with E-state index in [1.165, 1.54) is 10.9 Å². The third-order valence-electron chi connectivity index (χ3n) is 3.74. The summed E-state index contributed by atoms with van der Waals surface area (Å²) in [5.74, 6) is -1.69. The molecular weight excluding hydrogens is 393 g/mol. The molecular formula is C14H15Cl2N3O5S. The van der Waals surface area contributed by atoms with Gasteiger partial charge in [0.05, 0.1) is 29.7 Å². The summed E-state index contributed by atoms with van der Waals surface area (Å²) >= 11 is 12.3. The van der Waals surface area contributed by atoms with Crippen LogP contribution in [0, 0.1) is 0 Å². The summed E-state index contributed by atoms with van der Waals surface area (Å²) < 4.78 is 44.3. The van der Waals surface area contributed by atoms with E-state index in [-0.39, 0.29) is 19.6 Å². The van der Waals surface area contributed by atoms with E-state index < -0.39 is 27.8 Å². The second-order valence-electron chi connectivity index (χ2n) is 5.60. The molecule has 2 heterocycles. The summed E-state index contributed by atoms with van der Waals surface area (Å²) in [5.41, 5.74) is 0.545. The monoisotopic (exact) mass is 407 g/mol. The summed E-state index contributed by atoms with van der Waals surface area (Å²) in [6.45, 7) is 0.305. The van der Waals surface area contributed by atoms with Gasteiger partial charge in [0.2, 0.25) is 5.79 Å². The van der Waals surface area contributed by atoms with Crippen LogP contribution >= 0.6 is 23.2 Å². The molecule has 1 saturated heterocycles. The van der Waals surface area contributed by atoms with Gasteiger partial charge in [-0.05, 0) is 18.6 Å². The molecule has 1 aliphatic heterocycles. The zero-order chi connectivity index (χ0) is 18.1. The van der Waals surface area contributed by atoms with Gasteiger partial charge in [-0.3, -0.25) is 4.55 Å². The normalized spacial score (nSPS) is 23.9. The molecule has 0 spiro atoms. The molecule has 0 amide bonds. The molecule has 1 aliphatic rings. The Hall–Kier alpha value is -1.23. The summed E-state index contributed by atoms with van der Waals surface area (Å²) in [4.78, 5) is 0. The highest BCUT2D eigenvalue weighted by atomic mass is 35.5. The van der Waals surface area contributed by atoms with Gasteiger partial charge in [0.25, 0.3) is 10.1 Å². The molecule has 2 aromatic rings. The van der Waals surface area contributed by atoms with Crippen LogP contribution in [0.3, 0.4) is 0 Å². The molecule has 0 bridgehead atoms. The second kappa shape index (κ2) is 7.18. The molecule has 1 fully saturated rings. The summed E-state index contributed by atoms with van der Waals surface area (Å²) in [7, 11) is -4.08. The number of aromatic nitrogens is 3. The van der Waals surface area contributed by atoms with Crippen LogP contribution in [0.5, 0.6) is 0 Å². The van der Waals surface area contributed by atoms with Gasteiger partial charge in [-0.1, -0.05) is 34.5 Å². The average molecular weight is 408 g/mol. The third kappa shape index (κ3) is 4.49. The van der Waals surface area contributed by atoms with Crippen molar-refractivity contribution in [3.05, 3.63) is 46.2 Å². The fraction of sp³-hybridized carbons (Fsp3) is 0.429. The Balaban J connectivity index is 1.88. The first-order valence-electron chi connectivity index (χ1n) is 7.34. The SMILES string of the molecule is O=S(=O)(O)CC[C@@H]1CO[C@@](Cn2ccnn2)(c2ccc(Cl)cc2Cl)O1. The van der Waals surface area contributed by atoms with Crippen molar-refractivity contribution >= 4 is 33.3 Å². The quantitative estimate of drug-likeness (QED) is 0.731. The smallest absolute Gasteiger partial charge is 0.264 e. The first-order chi connectivity index (χ1) is 11.8. The van der Waals surface area contributed by atoms with Crippen LogP contribution in [0.25, 0.3) is 0 Å². The fourth-order valence-electron chi connectivity index (χ4n) is 2.63. The molecule has 136 valence electrons. The number of benzene rings is 1. The summed E-state index contributed by atoms with van der Waals surface area (Å²) in [6.07, 6.45) is 2.71. The number of halogens is 2. The van der Waals surface area contributed by atoms with Crippen LogP contribution in [0.1, 0.15) is 12.0 Å². The molecule has 0 radical (unpaired) electrons. The Labute approximate surface area is 154 Å². The zero-order valence-corrected chi connectivity index (χ0v) is 15.2.